The zero-order chi connectivity index (χ0) is 16.1. The van der Waals surface area contributed by atoms with Crippen LogP contribution in [0.2, 0.25) is 5.02 Å². The zero-order valence-corrected chi connectivity index (χ0v) is 14.2. The molecule has 0 radical (unpaired) electrons. The Morgan fingerprint density at radius 2 is 2.21 bits per heavy atom. The standard InChI is InChI=1S/C18H20ClN5/c19-16-3-1-2-14-15-11-23(6-4-17(15)21-18(14)16)10-12-8-13-9-20-5-7-24(13)22-12/h1-3,8,20-21H,4-7,9-11H2. The summed E-state index contributed by atoms with van der Waals surface area (Å²) in [4.78, 5) is 6.01. The maximum Gasteiger partial charge on any atom is 0.0768 e. The van der Waals surface area contributed by atoms with Crippen LogP contribution >= 0.6 is 11.6 Å². The Bertz CT molecular complexity index is 886. The first kappa shape index (κ1) is 14.5. The molecule has 0 amide bonds. The molecule has 5 rings (SSSR count). The normalized spacial score (nSPS) is 17.9. The summed E-state index contributed by atoms with van der Waals surface area (Å²) in [6, 6.07) is 8.40. The molecule has 6 heteroatoms. The Labute approximate surface area is 145 Å². The van der Waals surface area contributed by atoms with Crippen molar-refractivity contribution in [2.75, 3.05) is 13.1 Å². The van der Waals surface area contributed by atoms with Crippen molar-refractivity contribution in [3.8, 4) is 0 Å². The minimum absolute atomic E-state index is 0.808. The van der Waals surface area contributed by atoms with Gasteiger partial charge in [-0.2, -0.15) is 5.10 Å². The van der Waals surface area contributed by atoms with Gasteiger partial charge in [0.05, 0.1) is 28.5 Å². The average molecular weight is 342 g/mol. The van der Waals surface area contributed by atoms with Crippen molar-refractivity contribution in [3.05, 3.63) is 51.9 Å². The summed E-state index contributed by atoms with van der Waals surface area (Å²) >= 11 is 6.34. The summed E-state index contributed by atoms with van der Waals surface area (Å²) in [5, 5.41) is 10.2. The summed E-state index contributed by atoms with van der Waals surface area (Å²) < 4.78 is 2.15. The van der Waals surface area contributed by atoms with E-state index in [1.54, 1.807) is 0 Å². The molecule has 2 aliphatic heterocycles. The Morgan fingerprint density at radius 3 is 3.12 bits per heavy atom. The quantitative estimate of drug-likeness (QED) is 0.753. The number of nitrogens with zero attached hydrogens (tertiary/aromatic N) is 3. The molecular weight excluding hydrogens is 322 g/mol. The Hall–Kier alpha value is -1.82. The third-order valence-corrected chi connectivity index (χ3v) is 5.46. The minimum Gasteiger partial charge on any atom is -0.357 e. The molecule has 0 spiro atoms. The van der Waals surface area contributed by atoms with Gasteiger partial charge >= 0.3 is 0 Å². The lowest BCUT2D eigenvalue weighted by Gasteiger charge is -2.26. The fourth-order valence-corrected chi connectivity index (χ4v) is 4.17. The van der Waals surface area contributed by atoms with Crippen LogP contribution in [0.5, 0.6) is 0 Å². The lowest BCUT2D eigenvalue weighted by molar-refractivity contribution is 0.242. The molecule has 0 fully saturated rings. The molecule has 5 nitrogen and oxygen atoms in total. The van der Waals surface area contributed by atoms with Gasteiger partial charge in [0.15, 0.2) is 0 Å². The number of nitrogens with one attached hydrogen (secondary N) is 2. The molecule has 2 aromatic heterocycles. The second-order valence-electron chi connectivity index (χ2n) is 6.73. The summed E-state index contributed by atoms with van der Waals surface area (Å²) in [6.07, 6.45) is 1.04. The first-order valence-electron chi connectivity index (χ1n) is 8.54. The highest BCUT2D eigenvalue weighted by molar-refractivity contribution is 6.35. The number of fused-ring (bicyclic) bond motifs is 4. The molecule has 0 bridgehead atoms. The van der Waals surface area contributed by atoms with E-state index in [-0.39, 0.29) is 0 Å². The van der Waals surface area contributed by atoms with E-state index in [4.69, 9.17) is 16.7 Å². The second kappa shape index (κ2) is 5.62. The number of hydrogen-bond acceptors (Lipinski definition) is 3. The van der Waals surface area contributed by atoms with Gasteiger partial charge < -0.3 is 10.3 Å². The van der Waals surface area contributed by atoms with E-state index in [1.165, 1.54) is 28.0 Å². The van der Waals surface area contributed by atoms with Crippen LogP contribution in [-0.4, -0.2) is 32.8 Å². The van der Waals surface area contributed by atoms with Crippen LogP contribution in [0.25, 0.3) is 10.9 Å². The third kappa shape index (κ3) is 2.35. The third-order valence-electron chi connectivity index (χ3n) is 5.14. The number of aromatic nitrogens is 3. The van der Waals surface area contributed by atoms with E-state index >= 15 is 0 Å². The molecule has 3 aromatic rings. The topological polar surface area (TPSA) is 48.9 Å². The fraction of sp³-hybridized carbons (Fsp3) is 0.389. The van der Waals surface area contributed by atoms with Crippen molar-refractivity contribution in [3.63, 3.8) is 0 Å². The maximum atomic E-state index is 6.34. The lowest BCUT2D eigenvalue weighted by Crippen LogP contribution is -2.30. The van der Waals surface area contributed by atoms with Gasteiger partial charge in [0.25, 0.3) is 0 Å². The van der Waals surface area contributed by atoms with Crippen LogP contribution in [0.15, 0.2) is 24.3 Å². The summed E-state index contributed by atoms with van der Waals surface area (Å²) in [7, 11) is 0. The second-order valence-corrected chi connectivity index (χ2v) is 7.14. The molecular formula is C18H20ClN5. The number of rotatable bonds is 2. The van der Waals surface area contributed by atoms with Crippen LogP contribution in [0.1, 0.15) is 22.6 Å². The SMILES string of the molecule is Clc1cccc2c3c([nH]c12)CCN(Cc1cc2n(n1)CCNC2)C3. The number of halogens is 1. The van der Waals surface area contributed by atoms with Crippen molar-refractivity contribution in [1.29, 1.82) is 0 Å². The number of para-hydroxylation sites is 1. The van der Waals surface area contributed by atoms with Gasteiger partial charge in [-0.05, 0) is 17.7 Å². The number of benzene rings is 1. The van der Waals surface area contributed by atoms with Gasteiger partial charge in [-0.1, -0.05) is 23.7 Å². The van der Waals surface area contributed by atoms with Gasteiger partial charge in [-0.15, -0.1) is 0 Å². The van der Waals surface area contributed by atoms with E-state index in [9.17, 15) is 0 Å². The Balaban J connectivity index is 1.41. The molecule has 124 valence electrons. The Kier molecular flexibility index (Phi) is 3.40. The van der Waals surface area contributed by atoms with E-state index in [0.717, 1.165) is 56.2 Å². The molecule has 0 atom stereocenters. The van der Waals surface area contributed by atoms with Gasteiger partial charge in [0.1, 0.15) is 0 Å². The Morgan fingerprint density at radius 1 is 1.25 bits per heavy atom. The van der Waals surface area contributed by atoms with Gasteiger partial charge in [-0.3, -0.25) is 9.58 Å². The largest absolute Gasteiger partial charge is 0.357 e. The predicted molar refractivity (Wildman–Crippen MR) is 95.1 cm³/mol. The van der Waals surface area contributed by atoms with E-state index in [0.29, 0.717) is 0 Å². The van der Waals surface area contributed by atoms with Crippen molar-refractivity contribution < 1.29 is 0 Å². The number of hydrogen-bond donors (Lipinski definition) is 2. The zero-order valence-electron chi connectivity index (χ0n) is 13.5. The molecule has 24 heavy (non-hydrogen) atoms. The summed E-state index contributed by atoms with van der Waals surface area (Å²) in [6.45, 7) is 5.83. The van der Waals surface area contributed by atoms with Gasteiger partial charge in [-0.25, -0.2) is 0 Å². The molecule has 0 unspecified atom stereocenters. The molecule has 2 aliphatic rings. The number of aromatic amines is 1. The first-order valence-corrected chi connectivity index (χ1v) is 8.92. The first-order chi connectivity index (χ1) is 11.8. The highest BCUT2D eigenvalue weighted by Crippen LogP contribution is 2.32. The molecule has 0 aliphatic carbocycles. The lowest BCUT2D eigenvalue weighted by atomic mass is 10.0. The van der Waals surface area contributed by atoms with Crippen molar-refractivity contribution in [2.24, 2.45) is 0 Å². The van der Waals surface area contributed by atoms with Crippen molar-refractivity contribution in [1.82, 2.24) is 25.0 Å². The van der Waals surface area contributed by atoms with Crippen LogP contribution in [0, 0.1) is 0 Å². The predicted octanol–water partition coefficient (Wildman–Crippen LogP) is 2.68. The summed E-state index contributed by atoms with van der Waals surface area (Å²) in [5.74, 6) is 0. The maximum absolute atomic E-state index is 6.34. The monoisotopic (exact) mass is 341 g/mol. The molecule has 0 saturated carbocycles. The average Bonchev–Trinajstić information content (AvgIpc) is 3.16. The van der Waals surface area contributed by atoms with Crippen molar-refractivity contribution in [2.45, 2.75) is 32.6 Å². The summed E-state index contributed by atoms with van der Waals surface area (Å²) in [5.41, 5.74) is 6.28. The van der Waals surface area contributed by atoms with Gasteiger partial charge in [0, 0.05) is 50.2 Å². The smallest absolute Gasteiger partial charge is 0.0768 e. The highest BCUT2D eigenvalue weighted by atomic mass is 35.5. The number of H-pyrrole nitrogens is 1. The van der Waals surface area contributed by atoms with Crippen molar-refractivity contribution >= 4 is 22.5 Å². The highest BCUT2D eigenvalue weighted by Gasteiger charge is 2.22. The van der Waals surface area contributed by atoms with Crippen LogP contribution in [0.3, 0.4) is 0 Å². The minimum atomic E-state index is 0.808. The van der Waals surface area contributed by atoms with E-state index in [2.05, 4.69) is 32.0 Å². The molecule has 1 aromatic carbocycles. The molecule has 2 N–H and O–H groups in total. The fourth-order valence-electron chi connectivity index (χ4n) is 3.95. The van der Waals surface area contributed by atoms with E-state index < -0.39 is 0 Å². The van der Waals surface area contributed by atoms with Crippen LogP contribution < -0.4 is 5.32 Å². The molecule has 4 heterocycles. The van der Waals surface area contributed by atoms with E-state index in [1.807, 2.05) is 12.1 Å². The van der Waals surface area contributed by atoms with Gasteiger partial charge in [0.2, 0.25) is 0 Å². The van der Waals surface area contributed by atoms with Crippen LogP contribution in [-0.2, 0) is 32.6 Å². The van der Waals surface area contributed by atoms with Crippen LogP contribution in [0.4, 0.5) is 0 Å². The molecule has 0 saturated heterocycles.